The van der Waals surface area contributed by atoms with Crippen molar-refractivity contribution in [2.45, 2.75) is 20.8 Å². The number of aryl methyl sites for hydroxylation is 2. The van der Waals surface area contributed by atoms with Crippen molar-refractivity contribution >= 4 is 23.2 Å². The second-order valence-corrected chi connectivity index (χ2v) is 6.59. The van der Waals surface area contributed by atoms with Crippen molar-refractivity contribution < 1.29 is 14.3 Å². The van der Waals surface area contributed by atoms with Gasteiger partial charge in [-0.05, 0) is 74.4 Å². The Kier molecular flexibility index (Phi) is 6.24. The maximum absolute atomic E-state index is 12.6. The highest BCUT2D eigenvalue weighted by Gasteiger charge is 2.14. The molecular weight excluding hydrogens is 366 g/mol. The van der Waals surface area contributed by atoms with Gasteiger partial charge >= 0.3 is 0 Å². The molecule has 2 amide bonds. The first kappa shape index (κ1) is 20.1. The molecule has 2 aromatic carbocycles. The first-order valence-corrected chi connectivity index (χ1v) is 9.36. The summed E-state index contributed by atoms with van der Waals surface area (Å²) in [7, 11) is 0. The predicted molar refractivity (Wildman–Crippen MR) is 114 cm³/mol. The second kappa shape index (κ2) is 9.01. The third-order valence-electron chi connectivity index (χ3n) is 4.28. The zero-order valence-corrected chi connectivity index (χ0v) is 16.7. The van der Waals surface area contributed by atoms with Crippen LogP contribution in [0.5, 0.6) is 5.75 Å². The SMILES string of the molecule is CCOc1ccc(NC(=O)c2cccc(C(=O)Nc3cc(C)ccc3C)n2)cc1. The highest BCUT2D eigenvalue weighted by Crippen LogP contribution is 2.18. The lowest BCUT2D eigenvalue weighted by molar-refractivity contribution is 0.101. The van der Waals surface area contributed by atoms with E-state index >= 15 is 0 Å². The van der Waals surface area contributed by atoms with Crippen LogP contribution in [0.15, 0.2) is 60.7 Å². The minimum absolute atomic E-state index is 0.160. The lowest BCUT2D eigenvalue weighted by atomic mass is 10.1. The summed E-state index contributed by atoms with van der Waals surface area (Å²) in [6, 6.07) is 17.7. The van der Waals surface area contributed by atoms with Crippen LogP contribution in [0.25, 0.3) is 0 Å². The second-order valence-electron chi connectivity index (χ2n) is 6.59. The van der Waals surface area contributed by atoms with Crippen LogP contribution in [0.3, 0.4) is 0 Å². The van der Waals surface area contributed by atoms with Gasteiger partial charge in [0, 0.05) is 11.4 Å². The van der Waals surface area contributed by atoms with Gasteiger partial charge < -0.3 is 15.4 Å². The molecule has 0 atom stereocenters. The van der Waals surface area contributed by atoms with Crippen molar-refractivity contribution in [3.8, 4) is 5.75 Å². The van der Waals surface area contributed by atoms with Crippen molar-refractivity contribution in [3.05, 3.63) is 83.2 Å². The summed E-state index contributed by atoms with van der Waals surface area (Å²) in [5.74, 6) is -0.0290. The number of ether oxygens (including phenoxy) is 1. The highest BCUT2D eigenvalue weighted by atomic mass is 16.5. The number of hydrogen-bond donors (Lipinski definition) is 2. The van der Waals surface area contributed by atoms with E-state index < -0.39 is 5.91 Å². The number of hydrogen-bond acceptors (Lipinski definition) is 4. The van der Waals surface area contributed by atoms with Crippen molar-refractivity contribution in [2.24, 2.45) is 0 Å². The molecule has 0 saturated carbocycles. The molecule has 0 radical (unpaired) electrons. The van der Waals surface area contributed by atoms with E-state index in [1.807, 2.05) is 39.0 Å². The molecule has 0 spiro atoms. The topological polar surface area (TPSA) is 80.3 Å². The van der Waals surface area contributed by atoms with Gasteiger partial charge in [-0.25, -0.2) is 4.98 Å². The molecule has 0 unspecified atom stereocenters. The van der Waals surface area contributed by atoms with E-state index in [2.05, 4.69) is 15.6 Å². The Labute approximate surface area is 169 Å². The molecule has 0 aliphatic rings. The lowest BCUT2D eigenvalue weighted by Crippen LogP contribution is -2.18. The Morgan fingerprint density at radius 3 is 2.21 bits per heavy atom. The van der Waals surface area contributed by atoms with Gasteiger partial charge in [-0.1, -0.05) is 18.2 Å². The van der Waals surface area contributed by atoms with Gasteiger partial charge in [-0.15, -0.1) is 0 Å². The molecule has 3 rings (SSSR count). The third-order valence-corrected chi connectivity index (χ3v) is 4.28. The highest BCUT2D eigenvalue weighted by molar-refractivity contribution is 6.06. The number of carbonyl (C=O) groups excluding carboxylic acids is 2. The van der Waals surface area contributed by atoms with Crippen molar-refractivity contribution in [1.29, 1.82) is 0 Å². The zero-order valence-electron chi connectivity index (χ0n) is 16.7. The molecule has 3 aromatic rings. The molecule has 29 heavy (non-hydrogen) atoms. The van der Waals surface area contributed by atoms with Gasteiger partial charge in [0.2, 0.25) is 0 Å². The molecule has 0 aliphatic carbocycles. The first-order valence-electron chi connectivity index (χ1n) is 9.36. The molecule has 6 nitrogen and oxygen atoms in total. The van der Waals surface area contributed by atoms with E-state index in [1.54, 1.807) is 42.5 Å². The third kappa shape index (κ3) is 5.19. The Bertz CT molecular complexity index is 1030. The minimum Gasteiger partial charge on any atom is -0.494 e. The Morgan fingerprint density at radius 1 is 0.897 bits per heavy atom. The van der Waals surface area contributed by atoms with Crippen molar-refractivity contribution in [1.82, 2.24) is 4.98 Å². The summed E-state index contributed by atoms with van der Waals surface area (Å²) in [5, 5.41) is 5.63. The van der Waals surface area contributed by atoms with Crippen molar-refractivity contribution in [2.75, 3.05) is 17.2 Å². The molecule has 148 valence electrons. The maximum atomic E-state index is 12.6. The number of nitrogens with one attached hydrogen (secondary N) is 2. The van der Waals surface area contributed by atoms with Crippen molar-refractivity contribution in [3.63, 3.8) is 0 Å². The largest absolute Gasteiger partial charge is 0.494 e. The average molecular weight is 389 g/mol. The number of rotatable bonds is 6. The van der Waals surface area contributed by atoms with Crippen LogP contribution in [0, 0.1) is 13.8 Å². The summed E-state index contributed by atoms with van der Waals surface area (Å²) >= 11 is 0. The smallest absolute Gasteiger partial charge is 0.274 e. The van der Waals surface area contributed by atoms with Gasteiger partial charge in [0.05, 0.1) is 6.61 Å². The Balaban J connectivity index is 1.71. The Morgan fingerprint density at radius 2 is 1.55 bits per heavy atom. The molecular formula is C23H23N3O3. The van der Waals surface area contributed by atoms with Crippen LogP contribution in [0.2, 0.25) is 0 Å². The number of amides is 2. The van der Waals surface area contributed by atoms with E-state index in [9.17, 15) is 9.59 Å². The maximum Gasteiger partial charge on any atom is 0.274 e. The van der Waals surface area contributed by atoms with Crippen LogP contribution in [-0.2, 0) is 0 Å². The van der Waals surface area contributed by atoms with Gasteiger partial charge in [0.1, 0.15) is 17.1 Å². The number of anilines is 2. The van der Waals surface area contributed by atoms with Crippen LogP contribution in [0.4, 0.5) is 11.4 Å². The van der Waals surface area contributed by atoms with Gasteiger partial charge in [-0.3, -0.25) is 9.59 Å². The molecule has 6 heteroatoms. The fraction of sp³-hybridized carbons (Fsp3) is 0.174. The predicted octanol–water partition coefficient (Wildman–Crippen LogP) is 4.60. The minimum atomic E-state index is -0.393. The van der Waals surface area contributed by atoms with Crippen LogP contribution in [0.1, 0.15) is 39.0 Å². The zero-order chi connectivity index (χ0) is 20.8. The van der Waals surface area contributed by atoms with Gasteiger partial charge in [0.25, 0.3) is 11.8 Å². The molecule has 0 saturated heterocycles. The van der Waals surface area contributed by atoms with E-state index in [1.165, 1.54) is 0 Å². The summed E-state index contributed by atoms with van der Waals surface area (Å²) in [4.78, 5) is 29.3. The quantitative estimate of drug-likeness (QED) is 0.646. The normalized spacial score (nSPS) is 10.3. The van der Waals surface area contributed by atoms with Gasteiger partial charge in [-0.2, -0.15) is 0 Å². The fourth-order valence-corrected chi connectivity index (χ4v) is 2.74. The molecule has 0 fully saturated rings. The molecule has 1 heterocycles. The standard InChI is InChI=1S/C23H23N3O3/c1-4-29-18-12-10-17(11-13-18)24-22(27)19-6-5-7-20(25-19)23(28)26-21-14-15(2)8-9-16(21)3/h5-14H,4H2,1-3H3,(H,24,27)(H,26,28). The van der Waals surface area contributed by atoms with E-state index in [-0.39, 0.29) is 17.3 Å². The summed E-state index contributed by atoms with van der Waals surface area (Å²) in [5.41, 5.74) is 3.67. The molecule has 0 bridgehead atoms. The summed E-state index contributed by atoms with van der Waals surface area (Å²) in [6.45, 7) is 6.36. The number of carbonyl (C=O) groups is 2. The number of pyridine rings is 1. The van der Waals surface area contributed by atoms with Crippen LogP contribution >= 0.6 is 0 Å². The molecule has 0 aliphatic heterocycles. The van der Waals surface area contributed by atoms with E-state index in [0.717, 1.165) is 22.6 Å². The van der Waals surface area contributed by atoms with Crippen LogP contribution in [-0.4, -0.2) is 23.4 Å². The first-order chi connectivity index (χ1) is 14.0. The molecule has 2 N–H and O–H groups in total. The van der Waals surface area contributed by atoms with E-state index in [4.69, 9.17) is 4.74 Å². The number of aromatic nitrogens is 1. The van der Waals surface area contributed by atoms with E-state index in [0.29, 0.717) is 12.3 Å². The lowest BCUT2D eigenvalue weighted by Gasteiger charge is -2.10. The average Bonchev–Trinajstić information content (AvgIpc) is 2.72. The fourth-order valence-electron chi connectivity index (χ4n) is 2.74. The summed E-state index contributed by atoms with van der Waals surface area (Å²) in [6.07, 6.45) is 0. The van der Waals surface area contributed by atoms with Gasteiger partial charge in [0.15, 0.2) is 0 Å². The summed E-state index contributed by atoms with van der Waals surface area (Å²) < 4.78 is 5.39. The Hall–Kier alpha value is -3.67. The number of nitrogens with zero attached hydrogens (tertiary/aromatic N) is 1. The molecule has 1 aromatic heterocycles. The monoisotopic (exact) mass is 389 g/mol. The van der Waals surface area contributed by atoms with Crippen LogP contribution < -0.4 is 15.4 Å². The number of benzene rings is 2.